The molecule has 1 aliphatic rings. The maximum Gasteiger partial charge on any atom is 0.246 e. The molecule has 7 heteroatoms. The molecule has 1 saturated heterocycles. The van der Waals surface area contributed by atoms with Crippen LogP contribution in [0.25, 0.3) is 0 Å². The number of aliphatic hydroxyl groups is 3. The Labute approximate surface area is 105 Å². The van der Waals surface area contributed by atoms with Crippen molar-refractivity contribution in [2.24, 2.45) is 0 Å². The lowest BCUT2D eigenvalue weighted by Gasteiger charge is -2.39. The van der Waals surface area contributed by atoms with Crippen molar-refractivity contribution in [3.05, 3.63) is 12.2 Å². The second-order valence-electron chi connectivity index (χ2n) is 4.24. The van der Waals surface area contributed by atoms with E-state index in [9.17, 15) is 20.1 Å². The van der Waals surface area contributed by atoms with Crippen molar-refractivity contribution in [2.75, 3.05) is 13.7 Å². The Morgan fingerprint density at radius 2 is 1.94 bits per heavy atom. The average molecular weight is 261 g/mol. The minimum atomic E-state index is -1.39. The van der Waals surface area contributed by atoms with Crippen LogP contribution in [0.2, 0.25) is 0 Å². The number of carbonyl (C=O) groups is 1. The Morgan fingerprint density at radius 1 is 1.33 bits per heavy atom. The Kier molecular flexibility index (Phi) is 5.24. The van der Waals surface area contributed by atoms with Gasteiger partial charge in [0.1, 0.15) is 24.4 Å². The summed E-state index contributed by atoms with van der Waals surface area (Å²) < 4.78 is 10.1. The van der Waals surface area contributed by atoms with Crippen molar-refractivity contribution >= 4 is 5.91 Å². The van der Waals surface area contributed by atoms with Crippen LogP contribution in [0.5, 0.6) is 0 Å². The molecule has 0 saturated carbocycles. The summed E-state index contributed by atoms with van der Waals surface area (Å²) in [6, 6.07) is 0. The van der Waals surface area contributed by atoms with E-state index in [0.717, 1.165) is 0 Å². The number of ether oxygens (including phenoxy) is 2. The van der Waals surface area contributed by atoms with Gasteiger partial charge in [-0.3, -0.25) is 4.79 Å². The molecule has 0 aromatic carbocycles. The van der Waals surface area contributed by atoms with E-state index in [2.05, 4.69) is 11.9 Å². The highest BCUT2D eigenvalue weighted by Gasteiger charge is 2.43. The van der Waals surface area contributed by atoms with Crippen LogP contribution < -0.4 is 5.32 Å². The molecule has 1 fully saturated rings. The number of amides is 1. The minimum absolute atomic E-state index is 0.0174. The second-order valence-corrected chi connectivity index (χ2v) is 4.24. The van der Waals surface area contributed by atoms with Crippen molar-refractivity contribution in [3.63, 3.8) is 0 Å². The van der Waals surface area contributed by atoms with E-state index < -0.39 is 30.7 Å². The number of rotatable bonds is 4. The third kappa shape index (κ3) is 3.27. The average Bonchev–Trinajstić information content (AvgIpc) is 2.34. The first-order valence-electron chi connectivity index (χ1n) is 5.54. The van der Waals surface area contributed by atoms with Crippen LogP contribution in [0.3, 0.4) is 0 Å². The zero-order chi connectivity index (χ0) is 13.9. The van der Waals surface area contributed by atoms with E-state index >= 15 is 0 Å². The van der Waals surface area contributed by atoms with Gasteiger partial charge in [-0.25, -0.2) is 0 Å². The summed E-state index contributed by atoms with van der Waals surface area (Å²) in [5, 5.41) is 31.3. The molecule has 104 valence electrons. The molecule has 1 aliphatic heterocycles. The van der Waals surface area contributed by atoms with Crippen LogP contribution in [0.15, 0.2) is 12.2 Å². The van der Waals surface area contributed by atoms with Crippen molar-refractivity contribution in [1.29, 1.82) is 0 Å². The molecule has 2 unspecified atom stereocenters. The summed E-state index contributed by atoms with van der Waals surface area (Å²) in [7, 11) is 1.31. The highest BCUT2D eigenvalue weighted by molar-refractivity contribution is 5.92. The van der Waals surface area contributed by atoms with E-state index in [4.69, 9.17) is 9.47 Å². The Balaban J connectivity index is 2.59. The topological polar surface area (TPSA) is 108 Å². The largest absolute Gasteiger partial charge is 0.388 e. The molecular formula is C11H19NO6. The molecule has 7 nitrogen and oxygen atoms in total. The number of hydrogen-bond donors (Lipinski definition) is 4. The highest BCUT2D eigenvalue weighted by atomic mass is 16.7. The van der Waals surface area contributed by atoms with Crippen molar-refractivity contribution in [1.82, 2.24) is 5.32 Å². The number of methoxy groups -OCH3 is 1. The van der Waals surface area contributed by atoms with Crippen molar-refractivity contribution in [3.8, 4) is 0 Å². The van der Waals surface area contributed by atoms with Gasteiger partial charge in [0.2, 0.25) is 5.91 Å². The molecule has 0 aromatic heterocycles. The number of hydrogen-bond acceptors (Lipinski definition) is 6. The fraction of sp³-hybridized carbons (Fsp3) is 0.727. The second kappa shape index (κ2) is 6.26. The quantitative estimate of drug-likeness (QED) is 0.442. The minimum Gasteiger partial charge on any atom is -0.388 e. The maximum absolute atomic E-state index is 11.3. The SMILES string of the molecule is C=C(C)C(=O)NCC1O[C@@H](OC)C(O)[C@@H](O)[C@@H]1O. The number of aliphatic hydroxyl groups excluding tert-OH is 3. The van der Waals surface area contributed by atoms with E-state index in [1.807, 2.05) is 0 Å². The van der Waals surface area contributed by atoms with Gasteiger partial charge in [-0.05, 0) is 6.92 Å². The maximum atomic E-state index is 11.3. The molecular weight excluding hydrogens is 242 g/mol. The smallest absolute Gasteiger partial charge is 0.246 e. The first kappa shape index (κ1) is 15.1. The van der Waals surface area contributed by atoms with Crippen LogP contribution >= 0.6 is 0 Å². The van der Waals surface area contributed by atoms with Gasteiger partial charge in [0.05, 0.1) is 0 Å². The summed E-state index contributed by atoms with van der Waals surface area (Å²) in [4.78, 5) is 11.3. The molecule has 0 aliphatic carbocycles. The third-order valence-electron chi connectivity index (χ3n) is 2.75. The van der Waals surface area contributed by atoms with E-state index in [0.29, 0.717) is 5.57 Å². The van der Waals surface area contributed by atoms with Gasteiger partial charge in [-0.15, -0.1) is 0 Å². The standard InChI is InChI=1S/C11H19NO6/c1-5(2)10(16)12-4-6-7(13)8(14)9(15)11(17-3)18-6/h6-9,11,13-15H,1,4H2,2-3H3,(H,12,16)/t6?,7-,8+,9?,11-/m1/s1. The summed E-state index contributed by atoms with van der Waals surface area (Å²) in [5.74, 6) is -0.375. The summed E-state index contributed by atoms with van der Waals surface area (Å²) in [5.41, 5.74) is 0.323. The summed E-state index contributed by atoms with van der Waals surface area (Å²) >= 11 is 0. The van der Waals surface area contributed by atoms with Gasteiger partial charge in [0.25, 0.3) is 0 Å². The molecule has 18 heavy (non-hydrogen) atoms. The fourth-order valence-corrected chi connectivity index (χ4v) is 1.62. The third-order valence-corrected chi connectivity index (χ3v) is 2.75. The molecule has 1 amide bonds. The van der Waals surface area contributed by atoms with Crippen LogP contribution in [0.1, 0.15) is 6.92 Å². The van der Waals surface area contributed by atoms with Gasteiger partial charge >= 0.3 is 0 Å². The summed E-state index contributed by atoms with van der Waals surface area (Å²) in [6.45, 7) is 4.99. The van der Waals surface area contributed by atoms with Crippen LogP contribution in [-0.4, -0.2) is 65.6 Å². The molecule has 0 radical (unpaired) electrons. The van der Waals surface area contributed by atoms with Crippen LogP contribution in [0.4, 0.5) is 0 Å². The zero-order valence-corrected chi connectivity index (χ0v) is 10.4. The van der Waals surface area contributed by atoms with Crippen molar-refractivity contribution < 1.29 is 29.6 Å². The predicted molar refractivity (Wildman–Crippen MR) is 61.5 cm³/mol. The van der Waals surface area contributed by atoms with E-state index in [-0.39, 0.29) is 12.5 Å². The van der Waals surface area contributed by atoms with Crippen LogP contribution in [0, 0.1) is 0 Å². The number of nitrogens with one attached hydrogen (secondary N) is 1. The number of carbonyl (C=O) groups excluding carboxylic acids is 1. The molecule has 0 aromatic rings. The normalized spacial score (nSPS) is 36.2. The van der Waals surface area contributed by atoms with Crippen LogP contribution in [-0.2, 0) is 14.3 Å². The molecule has 1 heterocycles. The Bertz CT molecular complexity index is 319. The van der Waals surface area contributed by atoms with Gasteiger partial charge < -0.3 is 30.1 Å². The lowest BCUT2D eigenvalue weighted by atomic mass is 9.99. The van der Waals surface area contributed by atoms with E-state index in [1.165, 1.54) is 7.11 Å². The molecule has 4 N–H and O–H groups in total. The van der Waals surface area contributed by atoms with E-state index in [1.54, 1.807) is 6.92 Å². The van der Waals surface area contributed by atoms with Gasteiger partial charge in [0, 0.05) is 19.2 Å². The van der Waals surface area contributed by atoms with Gasteiger partial charge in [-0.1, -0.05) is 6.58 Å². The molecule has 0 spiro atoms. The Hall–Kier alpha value is -0.990. The Morgan fingerprint density at radius 3 is 2.44 bits per heavy atom. The zero-order valence-electron chi connectivity index (χ0n) is 10.4. The first-order chi connectivity index (χ1) is 8.38. The lowest BCUT2D eigenvalue weighted by Crippen LogP contribution is -2.60. The highest BCUT2D eigenvalue weighted by Crippen LogP contribution is 2.21. The molecule has 0 bridgehead atoms. The van der Waals surface area contributed by atoms with Gasteiger partial charge in [-0.2, -0.15) is 0 Å². The lowest BCUT2D eigenvalue weighted by molar-refractivity contribution is -0.288. The van der Waals surface area contributed by atoms with Gasteiger partial charge in [0.15, 0.2) is 6.29 Å². The fourth-order valence-electron chi connectivity index (χ4n) is 1.62. The molecule has 5 atom stereocenters. The predicted octanol–water partition coefficient (Wildman–Crippen LogP) is -1.87. The first-order valence-corrected chi connectivity index (χ1v) is 5.54. The summed E-state index contributed by atoms with van der Waals surface area (Å²) in [6.07, 6.45) is -5.95. The monoisotopic (exact) mass is 261 g/mol. The molecule has 1 rings (SSSR count). The van der Waals surface area contributed by atoms with Crippen molar-refractivity contribution in [2.45, 2.75) is 37.6 Å².